The van der Waals surface area contributed by atoms with Gasteiger partial charge >= 0.3 is 126 Å². The van der Waals surface area contributed by atoms with Gasteiger partial charge < -0.3 is 0 Å². The van der Waals surface area contributed by atoms with Crippen molar-refractivity contribution in [2.45, 2.75) is 13.1 Å². The molecule has 1 heterocycles. The van der Waals surface area contributed by atoms with E-state index >= 15 is 0 Å². The summed E-state index contributed by atoms with van der Waals surface area (Å²) in [6.07, 6.45) is -4.49. The van der Waals surface area contributed by atoms with E-state index in [0.29, 0.717) is 6.61 Å². The fraction of sp³-hybridized carbons (Fsp3) is 0.231. The molecule has 1 aromatic carbocycles. The molecule has 0 aliphatic rings. The Morgan fingerprint density at radius 3 is 2.65 bits per heavy atom. The average Bonchev–Trinajstić information content (AvgIpc) is 2.36. The molecular weight excluding hydrogens is 358 g/mol. The number of rotatable bonds is 3. The summed E-state index contributed by atoms with van der Waals surface area (Å²) in [4.78, 5) is 4.16. The first-order chi connectivity index (χ1) is 9.32. The van der Waals surface area contributed by atoms with Crippen LogP contribution in [0.1, 0.15) is 18.2 Å². The molecule has 20 heavy (non-hydrogen) atoms. The minimum absolute atomic E-state index is 0.0296. The molecule has 0 aliphatic heterocycles. The van der Waals surface area contributed by atoms with Gasteiger partial charge in [-0.05, 0) is 0 Å². The minimum atomic E-state index is -4.49. The molecule has 2 rings (SSSR count). The summed E-state index contributed by atoms with van der Waals surface area (Å²) in [6, 6.07) is 5.17. The van der Waals surface area contributed by atoms with E-state index in [1.807, 2.05) is 0 Å². The number of hydrogen-bond donors (Lipinski definition) is 0. The molecule has 0 unspecified atom stereocenters. The molecular formula is C13H9ClF3NOSe. The first kappa shape index (κ1) is 15.3. The van der Waals surface area contributed by atoms with Crippen LogP contribution in [0.25, 0.3) is 10.9 Å². The maximum atomic E-state index is 13.1. The number of pyridine rings is 1. The van der Waals surface area contributed by atoms with Gasteiger partial charge in [0.15, 0.2) is 0 Å². The van der Waals surface area contributed by atoms with Crippen molar-refractivity contribution < 1.29 is 17.9 Å². The van der Waals surface area contributed by atoms with Gasteiger partial charge in [0.1, 0.15) is 0 Å². The van der Waals surface area contributed by atoms with Crippen LogP contribution in [0.3, 0.4) is 0 Å². The van der Waals surface area contributed by atoms with Crippen LogP contribution in [0.4, 0.5) is 13.2 Å². The standard InChI is InChI=1S/C13H9ClF3NOSe/c1-2-19-12(20)11-6-9(13(15,16)17)8-5-7(14)3-4-10(8)18-11/h3-6H,2H2,1H3. The Morgan fingerprint density at radius 2 is 2.05 bits per heavy atom. The molecule has 1 aromatic heterocycles. The zero-order chi connectivity index (χ0) is 14.9. The number of fused-ring (bicyclic) bond motifs is 1. The van der Waals surface area contributed by atoms with E-state index in [1.165, 1.54) is 18.2 Å². The fourth-order valence-corrected chi connectivity index (χ4v) is 2.38. The van der Waals surface area contributed by atoms with Crippen LogP contribution in [0.2, 0.25) is 5.02 Å². The molecule has 0 saturated carbocycles. The number of nitrogens with zero attached hydrogens (tertiary/aromatic N) is 1. The summed E-state index contributed by atoms with van der Waals surface area (Å²) in [5.41, 5.74) is -0.451. The molecule has 0 aliphatic carbocycles. The first-order valence-corrected chi connectivity index (χ1v) is 6.91. The van der Waals surface area contributed by atoms with E-state index < -0.39 is 11.7 Å². The third-order valence-corrected chi connectivity index (χ3v) is 3.48. The topological polar surface area (TPSA) is 22.1 Å². The molecule has 2 aromatic rings. The zero-order valence-electron chi connectivity index (χ0n) is 10.3. The summed E-state index contributed by atoms with van der Waals surface area (Å²) in [7, 11) is 0. The van der Waals surface area contributed by atoms with Crippen molar-refractivity contribution in [3.05, 3.63) is 40.5 Å². The molecule has 0 amide bonds. The van der Waals surface area contributed by atoms with Gasteiger partial charge in [0.2, 0.25) is 0 Å². The first-order valence-electron chi connectivity index (χ1n) is 5.67. The van der Waals surface area contributed by atoms with Crippen molar-refractivity contribution in [2.75, 3.05) is 6.61 Å². The van der Waals surface area contributed by atoms with Crippen molar-refractivity contribution >= 4 is 42.7 Å². The third kappa shape index (κ3) is 3.14. The van der Waals surface area contributed by atoms with E-state index in [1.54, 1.807) is 6.92 Å². The number of alkyl halides is 3. The number of benzene rings is 1. The summed E-state index contributed by atoms with van der Waals surface area (Å²) >= 11 is 8.35. The van der Waals surface area contributed by atoms with E-state index in [2.05, 4.69) is 20.6 Å². The van der Waals surface area contributed by atoms with Crippen molar-refractivity contribution in [1.29, 1.82) is 0 Å². The second-order valence-corrected chi connectivity index (χ2v) is 5.15. The molecule has 0 fully saturated rings. The average molecular weight is 367 g/mol. The summed E-state index contributed by atoms with van der Waals surface area (Å²) in [5, 5.41) is 0.202. The summed E-state index contributed by atoms with van der Waals surface area (Å²) in [5.74, 6) is 0. The van der Waals surface area contributed by atoms with Crippen LogP contribution in [-0.2, 0) is 10.9 Å². The van der Waals surface area contributed by atoms with Gasteiger partial charge in [0.05, 0.1) is 0 Å². The van der Waals surface area contributed by atoms with Crippen LogP contribution in [-0.4, -0.2) is 31.8 Å². The van der Waals surface area contributed by atoms with Crippen LogP contribution in [0.5, 0.6) is 0 Å². The second kappa shape index (κ2) is 5.72. The second-order valence-electron chi connectivity index (χ2n) is 3.93. The van der Waals surface area contributed by atoms with E-state index in [9.17, 15) is 13.2 Å². The molecule has 106 valence electrons. The van der Waals surface area contributed by atoms with Gasteiger partial charge in [0, 0.05) is 0 Å². The van der Waals surface area contributed by atoms with Crippen LogP contribution < -0.4 is 0 Å². The van der Waals surface area contributed by atoms with E-state index in [0.717, 1.165) is 6.07 Å². The number of ether oxygens (including phenoxy) is 1. The fourth-order valence-electron chi connectivity index (χ4n) is 1.74. The van der Waals surface area contributed by atoms with Gasteiger partial charge in [-0.2, -0.15) is 0 Å². The van der Waals surface area contributed by atoms with E-state index in [4.69, 9.17) is 16.3 Å². The summed E-state index contributed by atoms with van der Waals surface area (Å²) < 4.78 is 44.8. The van der Waals surface area contributed by atoms with Crippen LogP contribution in [0, 0.1) is 0 Å². The monoisotopic (exact) mass is 367 g/mol. The number of hydrogen-bond acceptors (Lipinski definition) is 2. The Morgan fingerprint density at radius 1 is 1.35 bits per heavy atom. The Kier molecular flexibility index (Phi) is 4.37. The van der Waals surface area contributed by atoms with Crippen LogP contribution >= 0.6 is 11.6 Å². The zero-order valence-corrected chi connectivity index (χ0v) is 12.8. The molecule has 0 radical (unpaired) electrons. The maximum absolute atomic E-state index is 13.1. The van der Waals surface area contributed by atoms with Gasteiger partial charge in [-0.15, -0.1) is 0 Å². The molecule has 2 nitrogen and oxygen atoms in total. The molecule has 0 atom stereocenters. The third-order valence-electron chi connectivity index (χ3n) is 2.56. The predicted molar refractivity (Wildman–Crippen MR) is 73.2 cm³/mol. The summed E-state index contributed by atoms with van der Waals surface area (Å²) in [6.45, 7) is 2.08. The van der Waals surface area contributed by atoms with Gasteiger partial charge in [-0.25, -0.2) is 0 Å². The molecule has 0 spiro atoms. The SMILES string of the molecule is CCOC(=[Se])c1cc(C(F)(F)F)c2cc(Cl)ccc2n1. The Bertz CT molecular complexity index is 672. The van der Waals surface area contributed by atoms with Gasteiger partial charge in [-0.1, -0.05) is 0 Å². The molecule has 7 heteroatoms. The van der Waals surface area contributed by atoms with Gasteiger partial charge in [-0.3, -0.25) is 0 Å². The number of halogens is 4. The van der Waals surface area contributed by atoms with Crippen molar-refractivity contribution in [3.8, 4) is 0 Å². The predicted octanol–water partition coefficient (Wildman–Crippen LogP) is 3.59. The van der Waals surface area contributed by atoms with Crippen molar-refractivity contribution in [3.63, 3.8) is 0 Å². The van der Waals surface area contributed by atoms with E-state index in [-0.39, 0.29) is 26.2 Å². The Hall–Kier alpha value is -1.10. The Labute approximate surface area is 126 Å². The molecule has 0 N–H and O–H groups in total. The quantitative estimate of drug-likeness (QED) is 0.775. The van der Waals surface area contributed by atoms with Crippen LogP contribution in [0.15, 0.2) is 24.3 Å². The van der Waals surface area contributed by atoms with Crippen molar-refractivity contribution in [1.82, 2.24) is 4.98 Å². The number of aromatic nitrogens is 1. The molecule has 0 saturated heterocycles. The normalized spacial score (nSPS) is 11.7. The van der Waals surface area contributed by atoms with Crippen molar-refractivity contribution in [2.24, 2.45) is 0 Å². The molecule has 0 bridgehead atoms. The Balaban J connectivity index is 2.71. The van der Waals surface area contributed by atoms with Gasteiger partial charge in [0.25, 0.3) is 0 Å².